The normalized spacial score (nSPS) is 19.5. The molecule has 0 aromatic rings. The molecule has 1 aliphatic rings. The van der Waals surface area contributed by atoms with Crippen molar-refractivity contribution in [1.29, 1.82) is 0 Å². The van der Waals surface area contributed by atoms with Gasteiger partial charge in [-0.1, -0.05) is 26.2 Å². The van der Waals surface area contributed by atoms with Gasteiger partial charge in [-0.2, -0.15) is 0 Å². The first kappa shape index (κ1) is 12.0. The lowest BCUT2D eigenvalue weighted by molar-refractivity contribution is -0.157. The summed E-state index contributed by atoms with van der Waals surface area (Å²) in [5.41, 5.74) is -0.921. The molecule has 0 bridgehead atoms. The van der Waals surface area contributed by atoms with Gasteiger partial charge in [0.25, 0.3) is 0 Å². The number of rotatable bonds is 5. The van der Waals surface area contributed by atoms with Crippen molar-refractivity contribution in [2.75, 3.05) is 6.54 Å². The predicted octanol–water partition coefficient (Wildman–Crippen LogP) is 1.64. The minimum absolute atomic E-state index is 0.538. The van der Waals surface area contributed by atoms with Crippen LogP contribution in [0.1, 0.15) is 45.4 Å². The molecule has 1 aliphatic carbocycles. The van der Waals surface area contributed by atoms with Gasteiger partial charge in [-0.15, -0.1) is 0 Å². The predicted molar refractivity (Wildman–Crippen MR) is 56.5 cm³/mol. The molecule has 0 unspecified atom stereocenters. The number of carboxylic acids is 1. The fourth-order valence-electron chi connectivity index (χ4n) is 2.37. The van der Waals surface area contributed by atoms with Crippen LogP contribution in [0.25, 0.3) is 0 Å². The molecule has 0 saturated heterocycles. The van der Waals surface area contributed by atoms with E-state index < -0.39 is 11.5 Å². The Morgan fingerprint density at radius 2 is 2.00 bits per heavy atom. The van der Waals surface area contributed by atoms with Gasteiger partial charge in [-0.3, -0.25) is 4.79 Å². The summed E-state index contributed by atoms with van der Waals surface area (Å²) in [5.74, 6) is -0.845. The number of hydrogen-bond donors (Lipinski definition) is 1. The van der Waals surface area contributed by atoms with Gasteiger partial charge in [0.1, 0.15) is 5.54 Å². The Kier molecular flexibility index (Phi) is 4.12. The molecular weight excluding hydrogens is 194 g/mol. The molecule has 0 spiro atoms. The first-order valence-electron chi connectivity index (χ1n) is 5.63. The fourth-order valence-corrected chi connectivity index (χ4v) is 2.37. The van der Waals surface area contributed by atoms with Gasteiger partial charge in [-0.25, -0.2) is 4.79 Å². The van der Waals surface area contributed by atoms with Gasteiger partial charge in [-0.05, 0) is 19.3 Å². The third-order valence-corrected chi connectivity index (χ3v) is 3.22. The highest BCUT2D eigenvalue weighted by Crippen LogP contribution is 2.33. The summed E-state index contributed by atoms with van der Waals surface area (Å²) in [6, 6.07) is 0. The summed E-state index contributed by atoms with van der Waals surface area (Å²) in [6.45, 7) is 2.49. The Balaban J connectivity index is 2.86. The number of carbonyl (C=O) groups excluding carboxylic acids is 1. The van der Waals surface area contributed by atoms with Crippen molar-refractivity contribution in [2.45, 2.75) is 51.0 Å². The van der Waals surface area contributed by atoms with Crippen LogP contribution in [0.15, 0.2) is 0 Å². The number of nitrogens with zero attached hydrogens (tertiary/aromatic N) is 1. The molecule has 15 heavy (non-hydrogen) atoms. The van der Waals surface area contributed by atoms with Crippen molar-refractivity contribution in [3.05, 3.63) is 0 Å². The first-order chi connectivity index (χ1) is 7.17. The maximum Gasteiger partial charge on any atom is 0.329 e. The molecule has 0 heterocycles. The number of hydrogen-bond acceptors (Lipinski definition) is 2. The van der Waals surface area contributed by atoms with Gasteiger partial charge in [0.2, 0.25) is 6.41 Å². The SMILES string of the molecule is CCCN(C=O)C1(C(=O)O)CCCCC1. The molecule has 0 atom stereocenters. The monoisotopic (exact) mass is 213 g/mol. The van der Waals surface area contributed by atoms with Crippen molar-refractivity contribution < 1.29 is 14.7 Å². The second kappa shape index (κ2) is 5.14. The van der Waals surface area contributed by atoms with Crippen molar-refractivity contribution in [3.8, 4) is 0 Å². The van der Waals surface area contributed by atoms with E-state index in [1.54, 1.807) is 0 Å². The van der Waals surface area contributed by atoms with Crippen molar-refractivity contribution in [1.82, 2.24) is 4.90 Å². The molecule has 0 radical (unpaired) electrons. The minimum atomic E-state index is -0.921. The zero-order chi connectivity index (χ0) is 11.3. The third-order valence-electron chi connectivity index (χ3n) is 3.22. The Hall–Kier alpha value is -1.06. The average Bonchev–Trinajstić information content (AvgIpc) is 2.26. The summed E-state index contributed by atoms with van der Waals surface area (Å²) in [5, 5.41) is 9.32. The van der Waals surface area contributed by atoms with Crippen LogP contribution in [0.5, 0.6) is 0 Å². The summed E-state index contributed by atoms with van der Waals surface area (Å²) in [6.07, 6.45) is 5.58. The van der Waals surface area contributed by atoms with Crippen LogP contribution in [0, 0.1) is 0 Å². The van der Waals surface area contributed by atoms with Crippen molar-refractivity contribution >= 4 is 12.4 Å². The molecular formula is C11H19NO3. The van der Waals surface area contributed by atoms with Gasteiger partial charge >= 0.3 is 5.97 Å². The molecule has 1 saturated carbocycles. The molecule has 1 rings (SSSR count). The summed E-state index contributed by atoms with van der Waals surface area (Å²) in [7, 11) is 0. The lowest BCUT2D eigenvalue weighted by Gasteiger charge is -2.40. The van der Waals surface area contributed by atoms with E-state index in [1.165, 1.54) is 4.90 Å². The average molecular weight is 213 g/mol. The zero-order valence-electron chi connectivity index (χ0n) is 9.24. The van der Waals surface area contributed by atoms with Gasteiger partial charge in [0, 0.05) is 6.54 Å². The van der Waals surface area contributed by atoms with E-state index in [-0.39, 0.29) is 0 Å². The second-order valence-corrected chi connectivity index (χ2v) is 4.20. The smallest absolute Gasteiger partial charge is 0.329 e. The van der Waals surface area contributed by atoms with E-state index in [4.69, 9.17) is 0 Å². The largest absolute Gasteiger partial charge is 0.479 e. The molecule has 0 aromatic heterocycles. The molecule has 0 aromatic carbocycles. The van der Waals surface area contributed by atoms with Crippen LogP contribution in [0.3, 0.4) is 0 Å². The lowest BCUT2D eigenvalue weighted by atomic mass is 9.80. The van der Waals surface area contributed by atoms with Crippen LogP contribution >= 0.6 is 0 Å². The summed E-state index contributed by atoms with van der Waals surface area (Å²) in [4.78, 5) is 23.8. The minimum Gasteiger partial charge on any atom is -0.479 e. The van der Waals surface area contributed by atoms with E-state index in [0.717, 1.165) is 25.7 Å². The number of aliphatic carboxylic acids is 1. The Morgan fingerprint density at radius 3 is 2.40 bits per heavy atom. The third kappa shape index (κ3) is 2.30. The maximum atomic E-state index is 11.4. The standard InChI is InChI=1S/C11H19NO3/c1-2-8-12(9-13)11(10(14)15)6-4-3-5-7-11/h9H,2-8H2,1H3,(H,14,15). The van der Waals surface area contributed by atoms with Crippen molar-refractivity contribution in [2.24, 2.45) is 0 Å². The Labute approximate surface area is 90.3 Å². The fraction of sp³-hybridized carbons (Fsp3) is 0.818. The molecule has 0 aliphatic heterocycles. The van der Waals surface area contributed by atoms with Crippen LogP contribution in [0.2, 0.25) is 0 Å². The number of carboxylic acid groups (broad SMARTS) is 1. The number of carbonyl (C=O) groups is 2. The number of amides is 1. The highest BCUT2D eigenvalue weighted by atomic mass is 16.4. The van der Waals surface area contributed by atoms with E-state index in [1.807, 2.05) is 6.92 Å². The molecule has 4 nitrogen and oxygen atoms in total. The summed E-state index contributed by atoms with van der Waals surface area (Å²) >= 11 is 0. The van der Waals surface area contributed by atoms with E-state index in [2.05, 4.69) is 0 Å². The van der Waals surface area contributed by atoms with Gasteiger partial charge in [0.15, 0.2) is 0 Å². The van der Waals surface area contributed by atoms with Crippen LogP contribution < -0.4 is 0 Å². The molecule has 4 heteroatoms. The van der Waals surface area contributed by atoms with E-state index in [9.17, 15) is 14.7 Å². The van der Waals surface area contributed by atoms with Crippen LogP contribution in [0.4, 0.5) is 0 Å². The van der Waals surface area contributed by atoms with E-state index in [0.29, 0.717) is 25.8 Å². The highest BCUT2D eigenvalue weighted by Gasteiger charge is 2.44. The quantitative estimate of drug-likeness (QED) is 0.706. The van der Waals surface area contributed by atoms with E-state index >= 15 is 0 Å². The first-order valence-corrected chi connectivity index (χ1v) is 5.63. The van der Waals surface area contributed by atoms with Crippen LogP contribution in [-0.2, 0) is 9.59 Å². The maximum absolute atomic E-state index is 11.4. The van der Waals surface area contributed by atoms with Crippen molar-refractivity contribution in [3.63, 3.8) is 0 Å². The zero-order valence-corrected chi connectivity index (χ0v) is 9.24. The van der Waals surface area contributed by atoms with Crippen LogP contribution in [-0.4, -0.2) is 34.5 Å². The molecule has 1 N–H and O–H groups in total. The molecule has 1 fully saturated rings. The second-order valence-electron chi connectivity index (χ2n) is 4.20. The molecule has 1 amide bonds. The Morgan fingerprint density at radius 1 is 1.40 bits per heavy atom. The Bertz CT molecular complexity index is 234. The highest BCUT2D eigenvalue weighted by molar-refractivity contribution is 5.81. The topological polar surface area (TPSA) is 57.6 Å². The summed E-state index contributed by atoms with van der Waals surface area (Å²) < 4.78 is 0. The molecule has 86 valence electrons. The lowest BCUT2D eigenvalue weighted by Crippen LogP contribution is -2.55. The van der Waals surface area contributed by atoms with Gasteiger partial charge < -0.3 is 10.0 Å². The van der Waals surface area contributed by atoms with Gasteiger partial charge in [0.05, 0.1) is 0 Å².